The minimum absolute atomic E-state index is 0.733. The van der Waals surface area contributed by atoms with Crippen molar-refractivity contribution in [2.24, 2.45) is 0 Å². The highest BCUT2D eigenvalue weighted by Crippen LogP contribution is 2.29. The molecule has 3 rings (SSSR count). The van der Waals surface area contributed by atoms with E-state index < -0.39 is 0 Å². The van der Waals surface area contributed by atoms with Crippen LogP contribution in [0.1, 0.15) is 10.6 Å². The largest absolute Gasteiger partial charge is 0.399 e. The third kappa shape index (κ3) is 2.84. The Kier molecular flexibility index (Phi) is 3.72. The number of benzene rings is 2. The number of anilines is 1. The number of aromatic nitrogens is 1. The summed E-state index contributed by atoms with van der Waals surface area (Å²) in [6, 6.07) is 15.7. The van der Waals surface area contributed by atoms with Crippen molar-refractivity contribution < 1.29 is 0 Å². The van der Waals surface area contributed by atoms with Gasteiger partial charge in [0, 0.05) is 28.1 Å². The van der Waals surface area contributed by atoms with Crippen molar-refractivity contribution in [3.8, 4) is 11.3 Å². The molecule has 4 heteroatoms. The molecule has 1 aromatic heterocycles. The fourth-order valence-corrected chi connectivity index (χ4v) is 3.06. The van der Waals surface area contributed by atoms with Crippen LogP contribution in [-0.2, 0) is 6.42 Å². The molecule has 2 N–H and O–H groups in total. The molecule has 3 aromatic rings. The van der Waals surface area contributed by atoms with Gasteiger partial charge in [-0.25, -0.2) is 4.98 Å². The van der Waals surface area contributed by atoms with Gasteiger partial charge in [0.25, 0.3) is 0 Å². The zero-order valence-corrected chi connectivity index (χ0v) is 12.3. The molecule has 1 heterocycles. The van der Waals surface area contributed by atoms with Crippen LogP contribution in [0.5, 0.6) is 0 Å². The van der Waals surface area contributed by atoms with Gasteiger partial charge in [0.15, 0.2) is 0 Å². The Morgan fingerprint density at radius 1 is 1.05 bits per heavy atom. The summed E-state index contributed by atoms with van der Waals surface area (Å²) in [6.45, 7) is 0. The van der Waals surface area contributed by atoms with E-state index in [9.17, 15) is 0 Å². The Bertz CT molecular complexity index is 719. The first-order chi connectivity index (χ1) is 9.72. The standard InChI is InChI=1S/C16H13ClN2S/c17-14-4-2-1-3-13(14)15-10-20-16(19-15)9-11-5-7-12(18)8-6-11/h1-8,10H,9,18H2. The molecule has 0 amide bonds. The van der Waals surface area contributed by atoms with Crippen LogP contribution >= 0.6 is 22.9 Å². The fraction of sp³-hybridized carbons (Fsp3) is 0.0625. The molecule has 100 valence electrons. The van der Waals surface area contributed by atoms with E-state index in [1.165, 1.54) is 5.56 Å². The number of nitrogens with zero attached hydrogens (tertiary/aromatic N) is 1. The average molecular weight is 301 g/mol. The van der Waals surface area contributed by atoms with E-state index in [4.69, 9.17) is 17.3 Å². The Morgan fingerprint density at radius 3 is 2.55 bits per heavy atom. The minimum atomic E-state index is 0.733. The molecule has 20 heavy (non-hydrogen) atoms. The van der Waals surface area contributed by atoms with Crippen LogP contribution in [0.2, 0.25) is 5.02 Å². The van der Waals surface area contributed by atoms with E-state index in [0.29, 0.717) is 0 Å². The predicted molar refractivity (Wildman–Crippen MR) is 86.2 cm³/mol. The van der Waals surface area contributed by atoms with Crippen LogP contribution in [0.25, 0.3) is 11.3 Å². The summed E-state index contributed by atoms with van der Waals surface area (Å²) >= 11 is 7.85. The van der Waals surface area contributed by atoms with Crippen molar-refractivity contribution in [3.63, 3.8) is 0 Å². The molecule has 0 bridgehead atoms. The maximum Gasteiger partial charge on any atom is 0.0976 e. The number of thiazole rings is 1. The molecule has 0 saturated heterocycles. The van der Waals surface area contributed by atoms with Crippen molar-refractivity contribution in [1.29, 1.82) is 0 Å². The van der Waals surface area contributed by atoms with E-state index in [2.05, 4.69) is 4.98 Å². The van der Waals surface area contributed by atoms with Crippen LogP contribution in [0.4, 0.5) is 5.69 Å². The lowest BCUT2D eigenvalue weighted by Crippen LogP contribution is -1.89. The van der Waals surface area contributed by atoms with Gasteiger partial charge in [-0.1, -0.05) is 41.9 Å². The molecular formula is C16H13ClN2S. The highest BCUT2D eigenvalue weighted by atomic mass is 35.5. The van der Waals surface area contributed by atoms with Crippen LogP contribution in [0.3, 0.4) is 0 Å². The Balaban J connectivity index is 1.84. The average Bonchev–Trinajstić information content (AvgIpc) is 2.90. The van der Waals surface area contributed by atoms with E-state index in [0.717, 1.165) is 33.4 Å². The lowest BCUT2D eigenvalue weighted by Gasteiger charge is -2.00. The monoisotopic (exact) mass is 300 g/mol. The van der Waals surface area contributed by atoms with Gasteiger partial charge in [-0.2, -0.15) is 0 Å². The van der Waals surface area contributed by atoms with Crippen molar-refractivity contribution >= 4 is 28.6 Å². The minimum Gasteiger partial charge on any atom is -0.399 e. The normalized spacial score (nSPS) is 10.7. The number of nitrogens with two attached hydrogens (primary N) is 1. The maximum absolute atomic E-state index is 6.20. The van der Waals surface area contributed by atoms with Crippen LogP contribution < -0.4 is 5.73 Å². The Hall–Kier alpha value is -1.84. The van der Waals surface area contributed by atoms with Crippen molar-refractivity contribution in [1.82, 2.24) is 4.98 Å². The Labute approximate surface area is 126 Å². The van der Waals surface area contributed by atoms with Crippen LogP contribution in [0.15, 0.2) is 53.9 Å². The van der Waals surface area contributed by atoms with Crippen molar-refractivity contribution in [2.75, 3.05) is 5.73 Å². The van der Waals surface area contributed by atoms with E-state index in [-0.39, 0.29) is 0 Å². The summed E-state index contributed by atoms with van der Waals surface area (Å²) in [7, 11) is 0. The number of nitrogen functional groups attached to an aromatic ring is 1. The Morgan fingerprint density at radius 2 is 1.80 bits per heavy atom. The van der Waals surface area contributed by atoms with Gasteiger partial charge in [-0.05, 0) is 23.8 Å². The lowest BCUT2D eigenvalue weighted by molar-refractivity contribution is 1.14. The zero-order valence-electron chi connectivity index (χ0n) is 10.7. The highest BCUT2D eigenvalue weighted by molar-refractivity contribution is 7.10. The third-order valence-corrected chi connectivity index (χ3v) is 4.22. The van der Waals surface area contributed by atoms with E-state index >= 15 is 0 Å². The van der Waals surface area contributed by atoms with Gasteiger partial charge in [0.1, 0.15) is 0 Å². The quantitative estimate of drug-likeness (QED) is 0.716. The van der Waals surface area contributed by atoms with E-state index in [1.54, 1.807) is 11.3 Å². The van der Waals surface area contributed by atoms with Gasteiger partial charge in [0.2, 0.25) is 0 Å². The first-order valence-corrected chi connectivity index (χ1v) is 7.52. The lowest BCUT2D eigenvalue weighted by atomic mass is 10.1. The van der Waals surface area contributed by atoms with Crippen molar-refractivity contribution in [2.45, 2.75) is 6.42 Å². The van der Waals surface area contributed by atoms with E-state index in [1.807, 2.05) is 53.9 Å². The molecule has 0 aliphatic carbocycles. The number of hydrogen-bond acceptors (Lipinski definition) is 3. The molecule has 0 aliphatic rings. The molecule has 0 aliphatic heterocycles. The molecule has 0 atom stereocenters. The second kappa shape index (κ2) is 5.65. The summed E-state index contributed by atoms with van der Waals surface area (Å²) in [4.78, 5) is 4.66. The second-order valence-electron chi connectivity index (χ2n) is 4.52. The summed E-state index contributed by atoms with van der Waals surface area (Å²) in [6.07, 6.45) is 0.815. The molecule has 0 radical (unpaired) electrons. The highest BCUT2D eigenvalue weighted by Gasteiger charge is 2.08. The topological polar surface area (TPSA) is 38.9 Å². The van der Waals surface area contributed by atoms with Gasteiger partial charge in [0.05, 0.1) is 10.7 Å². The molecule has 0 fully saturated rings. The van der Waals surface area contributed by atoms with Crippen molar-refractivity contribution in [3.05, 3.63) is 69.5 Å². The molecule has 0 saturated carbocycles. The summed E-state index contributed by atoms with van der Waals surface area (Å²) in [5, 5.41) is 3.86. The number of hydrogen-bond donors (Lipinski definition) is 1. The smallest absolute Gasteiger partial charge is 0.0976 e. The molecule has 0 spiro atoms. The first-order valence-electron chi connectivity index (χ1n) is 6.26. The predicted octanol–water partition coefficient (Wildman–Crippen LogP) is 4.64. The summed E-state index contributed by atoms with van der Waals surface area (Å²) < 4.78 is 0. The maximum atomic E-state index is 6.20. The summed E-state index contributed by atoms with van der Waals surface area (Å²) in [5.41, 5.74) is 9.60. The molecule has 2 aromatic carbocycles. The van der Waals surface area contributed by atoms with Gasteiger partial charge < -0.3 is 5.73 Å². The fourth-order valence-electron chi connectivity index (χ4n) is 1.99. The number of halogens is 1. The molecular weight excluding hydrogens is 288 g/mol. The zero-order chi connectivity index (χ0) is 13.9. The summed E-state index contributed by atoms with van der Waals surface area (Å²) in [5.74, 6) is 0. The third-order valence-electron chi connectivity index (χ3n) is 3.04. The van der Waals surface area contributed by atoms with Gasteiger partial charge in [-0.3, -0.25) is 0 Å². The molecule has 0 unspecified atom stereocenters. The van der Waals surface area contributed by atoms with Gasteiger partial charge >= 0.3 is 0 Å². The second-order valence-corrected chi connectivity index (χ2v) is 5.87. The van der Waals surface area contributed by atoms with Crippen LogP contribution in [0, 0.1) is 0 Å². The van der Waals surface area contributed by atoms with Crippen LogP contribution in [-0.4, -0.2) is 4.98 Å². The first kappa shape index (κ1) is 13.2. The number of rotatable bonds is 3. The van der Waals surface area contributed by atoms with Gasteiger partial charge in [-0.15, -0.1) is 11.3 Å². The SMILES string of the molecule is Nc1ccc(Cc2nc(-c3ccccc3Cl)cs2)cc1. The molecule has 2 nitrogen and oxygen atoms in total.